The number of urea groups is 1. The molecule has 1 aliphatic rings. The molecule has 0 radical (unpaired) electrons. The Morgan fingerprint density at radius 1 is 0.973 bits per heavy atom. The first-order chi connectivity index (χ1) is 17.5. The number of amides is 4. The molecule has 190 valence electrons. The molecule has 0 atom stereocenters. The molecule has 1 N–H and O–H groups in total. The quantitative estimate of drug-likeness (QED) is 0.227. The van der Waals surface area contributed by atoms with Gasteiger partial charge >= 0.3 is 16.1 Å². The topological polar surface area (TPSA) is 119 Å². The number of methoxy groups -OCH3 is 1. The Balaban J connectivity index is 1.69. The third-order valence-corrected chi connectivity index (χ3v) is 7.34. The van der Waals surface area contributed by atoms with E-state index in [4.69, 9.17) is 32.1 Å². The molecule has 0 aromatic heterocycles. The zero-order valence-corrected chi connectivity index (χ0v) is 22.6. The molecule has 3 aromatic carbocycles. The van der Waals surface area contributed by atoms with Crippen LogP contribution < -0.4 is 19.1 Å². The summed E-state index contributed by atoms with van der Waals surface area (Å²) in [6.07, 6.45) is 1.20. The van der Waals surface area contributed by atoms with Gasteiger partial charge < -0.3 is 8.92 Å². The summed E-state index contributed by atoms with van der Waals surface area (Å²) in [5, 5.41) is 2.29. The summed E-state index contributed by atoms with van der Waals surface area (Å²) in [7, 11) is -3.03. The van der Waals surface area contributed by atoms with Crippen LogP contribution in [0.25, 0.3) is 6.08 Å². The molecular formula is C24H15BrCl2N2O7S. The maximum atomic E-state index is 13.1. The fraction of sp³-hybridized carbons (Fsp3) is 0.0417. The molecule has 4 amide bonds. The van der Waals surface area contributed by atoms with Gasteiger partial charge in [0.05, 0.1) is 17.8 Å². The second-order valence-corrected chi connectivity index (χ2v) is 10.8. The van der Waals surface area contributed by atoms with Crippen molar-refractivity contribution in [3.05, 3.63) is 86.3 Å². The van der Waals surface area contributed by atoms with Gasteiger partial charge in [0.2, 0.25) is 5.75 Å². The van der Waals surface area contributed by atoms with Crippen LogP contribution in [-0.2, 0) is 19.7 Å². The van der Waals surface area contributed by atoms with E-state index in [-0.39, 0.29) is 38.2 Å². The van der Waals surface area contributed by atoms with Crippen LogP contribution in [0.4, 0.5) is 10.5 Å². The minimum Gasteiger partial charge on any atom is -0.493 e. The van der Waals surface area contributed by atoms with Gasteiger partial charge in [0.1, 0.15) is 10.5 Å². The fourth-order valence-electron chi connectivity index (χ4n) is 3.31. The van der Waals surface area contributed by atoms with E-state index in [2.05, 4.69) is 21.2 Å². The van der Waals surface area contributed by atoms with Crippen LogP contribution in [0, 0.1) is 0 Å². The van der Waals surface area contributed by atoms with E-state index in [1.54, 1.807) is 12.1 Å². The minimum absolute atomic E-state index is 0.0820. The molecule has 0 bridgehead atoms. The van der Waals surface area contributed by atoms with Gasteiger partial charge in [-0.3, -0.25) is 14.9 Å². The Hall–Kier alpha value is -3.38. The van der Waals surface area contributed by atoms with Gasteiger partial charge in [0.15, 0.2) is 5.75 Å². The van der Waals surface area contributed by atoms with Crippen molar-refractivity contribution in [2.75, 3.05) is 12.0 Å². The number of nitrogens with zero attached hydrogens (tertiary/aromatic N) is 1. The summed E-state index contributed by atoms with van der Waals surface area (Å²) in [5.41, 5.74) is 0.0978. The van der Waals surface area contributed by atoms with Crippen molar-refractivity contribution in [2.45, 2.75) is 4.90 Å². The second kappa shape index (κ2) is 10.5. The van der Waals surface area contributed by atoms with E-state index in [0.717, 1.165) is 9.37 Å². The molecule has 13 heteroatoms. The smallest absolute Gasteiger partial charge is 0.339 e. The highest BCUT2D eigenvalue weighted by atomic mass is 79.9. The molecule has 1 saturated heterocycles. The maximum Gasteiger partial charge on any atom is 0.339 e. The molecule has 0 saturated carbocycles. The first kappa shape index (κ1) is 26.7. The van der Waals surface area contributed by atoms with Crippen LogP contribution in [-0.4, -0.2) is 33.4 Å². The minimum atomic E-state index is -4.29. The van der Waals surface area contributed by atoms with Crippen molar-refractivity contribution in [3.8, 4) is 11.5 Å². The molecule has 0 spiro atoms. The van der Waals surface area contributed by atoms with Crippen molar-refractivity contribution < 1.29 is 31.7 Å². The monoisotopic (exact) mass is 624 g/mol. The standard InChI is InChI=1S/C24H15BrCl2N2O7S/c1-35-20-12-13(11-19(27)21(20)36-37(33,34)17-8-4-15(26)5-9-17)10-18-22(30)28-24(32)29(23(18)31)16-6-2-14(25)3-7-16/h2-12H,1H3,(H,28,30,32)/b18-10+. The molecule has 1 heterocycles. The second-order valence-electron chi connectivity index (χ2n) is 7.46. The summed E-state index contributed by atoms with van der Waals surface area (Å²) >= 11 is 15.4. The van der Waals surface area contributed by atoms with Crippen LogP contribution in [0.5, 0.6) is 11.5 Å². The predicted octanol–water partition coefficient (Wildman–Crippen LogP) is 5.20. The van der Waals surface area contributed by atoms with E-state index in [1.807, 2.05) is 0 Å². The van der Waals surface area contributed by atoms with Gasteiger partial charge in [0.25, 0.3) is 11.8 Å². The van der Waals surface area contributed by atoms with Gasteiger partial charge in [-0.05, 0) is 72.3 Å². The van der Waals surface area contributed by atoms with Gasteiger partial charge in [-0.15, -0.1) is 0 Å². The summed E-state index contributed by atoms with van der Waals surface area (Å²) in [6, 6.07) is 13.4. The lowest BCUT2D eigenvalue weighted by atomic mass is 10.1. The third-order valence-electron chi connectivity index (χ3n) is 5.04. The van der Waals surface area contributed by atoms with Crippen molar-refractivity contribution in [3.63, 3.8) is 0 Å². The lowest BCUT2D eigenvalue weighted by Gasteiger charge is -2.26. The third kappa shape index (κ3) is 5.64. The summed E-state index contributed by atoms with van der Waals surface area (Å²) in [5.74, 6) is -2.16. The number of rotatable bonds is 6. The Morgan fingerprint density at radius 3 is 2.24 bits per heavy atom. The number of hydrogen-bond acceptors (Lipinski definition) is 7. The number of anilines is 1. The number of ether oxygens (including phenoxy) is 1. The average Bonchev–Trinajstić information content (AvgIpc) is 2.84. The van der Waals surface area contributed by atoms with Crippen LogP contribution >= 0.6 is 39.1 Å². The number of barbiturate groups is 1. The number of imide groups is 2. The molecule has 4 rings (SSSR count). The summed E-state index contributed by atoms with van der Waals surface area (Å²) in [6.45, 7) is 0. The number of carbonyl (C=O) groups is 3. The number of halogens is 3. The van der Waals surface area contributed by atoms with Crippen LogP contribution in [0.15, 0.2) is 75.6 Å². The zero-order valence-electron chi connectivity index (χ0n) is 18.7. The first-order valence-electron chi connectivity index (χ1n) is 10.2. The number of hydrogen-bond donors (Lipinski definition) is 1. The SMILES string of the molecule is COc1cc(/C=C2\C(=O)NC(=O)N(c3ccc(Br)cc3)C2=O)cc(Cl)c1OS(=O)(=O)c1ccc(Cl)cc1. The van der Waals surface area contributed by atoms with Gasteiger partial charge in [-0.1, -0.05) is 39.1 Å². The van der Waals surface area contributed by atoms with Crippen molar-refractivity contribution in [1.82, 2.24) is 5.32 Å². The van der Waals surface area contributed by atoms with Gasteiger partial charge in [-0.2, -0.15) is 8.42 Å². The normalized spacial score (nSPS) is 15.1. The Morgan fingerprint density at radius 2 is 1.62 bits per heavy atom. The Kier molecular flexibility index (Phi) is 7.60. The van der Waals surface area contributed by atoms with E-state index in [9.17, 15) is 22.8 Å². The average molecular weight is 626 g/mol. The molecule has 37 heavy (non-hydrogen) atoms. The number of carbonyl (C=O) groups excluding carboxylic acids is 3. The largest absolute Gasteiger partial charge is 0.493 e. The fourth-order valence-corrected chi connectivity index (χ4v) is 4.96. The Bertz CT molecular complexity index is 1560. The predicted molar refractivity (Wildman–Crippen MR) is 140 cm³/mol. The molecule has 1 fully saturated rings. The van der Waals surface area contributed by atoms with Crippen LogP contribution in [0.1, 0.15) is 5.56 Å². The van der Waals surface area contributed by atoms with Gasteiger partial charge in [0, 0.05) is 9.50 Å². The highest BCUT2D eigenvalue weighted by Gasteiger charge is 2.37. The highest BCUT2D eigenvalue weighted by Crippen LogP contribution is 2.39. The highest BCUT2D eigenvalue weighted by molar-refractivity contribution is 9.10. The van der Waals surface area contributed by atoms with Crippen molar-refractivity contribution in [2.24, 2.45) is 0 Å². The van der Waals surface area contributed by atoms with E-state index in [1.165, 1.54) is 61.7 Å². The van der Waals surface area contributed by atoms with E-state index < -0.39 is 28.0 Å². The maximum absolute atomic E-state index is 13.1. The zero-order chi connectivity index (χ0) is 26.9. The molecular weight excluding hydrogens is 611 g/mol. The lowest BCUT2D eigenvalue weighted by molar-refractivity contribution is -0.122. The van der Waals surface area contributed by atoms with Crippen LogP contribution in [0.2, 0.25) is 10.0 Å². The number of nitrogens with one attached hydrogen (secondary N) is 1. The van der Waals surface area contributed by atoms with Crippen molar-refractivity contribution >= 4 is 78.9 Å². The van der Waals surface area contributed by atoms with E-state index in [0.29, 0.717) is 5.02 Å². The Labute approximate surface area is 229 Å². The van der Waals surface area contributed by atoms with Crippen molar-refractivity contribution in [1.29, 1.82) is 0 Å². The summed E-state index contributed by atoms with van der Waals surface area (Å²) in [4.78, 5) is 38.6. The molecule has 0 unspecified atom stereocenters. The van der Waals surface area contributed by atoms with Crippen LogP contribution in [0.3, 0.4) is 0 Å². The lowest BCUT2D eigenvalue weighted by Crippen LogP contribution is -2.54. The van der Waals surface area contributed by atoms with Gasteiger partial charge in [-0.25, -0.2) is 9.69 Å². The van der Waals surface area contributed by atoms with E-state index >= 15 is 0 Å². The molecule has 3 aromatic rings. The number of benzene rings is 3. The first-order valence-corrected chi connectivity index (χ1v) is 13.2. The molecule has 1 aliphatic heterocycles. The molecule has 9 nitrogen and oxygen atoms in total. The summed E-state index contributed by atoms with van der Waals surface area (Å²) < 4.78 is 36.6. The molecule has 0 aliphatic carbocycles.